The van der Waals surface area contributed by atoms with Gasteiger partial charge in [0.1, 0.15) is 16.6 Å². The molecule has 0 aliphatic carbocycles. The van der Waals surface area contributed by atoms with Gasteiger partial charge in [-0.2, -0.15) is 4.98 Å². The van der Waals surface area contributed by atoms with Crippen molar-refractivity contribution in [1.29, 1.82) is 0 Å². The summed E-state index contributed by atoms with van der Waals surface area (Å²) in [6.07, 6.45) is 0.789. The van der Waals surface area contributed by atoms with Gasteiger partial charge in [0.2, 0.25) is 5.82 Å². The Morgan fingerprint density at radius 2 is 2.03 bits per heavy atom. The van der Waals surface area contributed by atoms with Gasteiger partial charge in [0, 0.05) is 23.6 Å². The number of aryl methyl sites for hydroxylation is 2. The summed E-state index contributed by atoms with van der Waals surface area (Å²) in [6.45, 7) is 5.09. The molecule has 0 aliphatic rings. The summed E-state index contributed by atoms with van der Waals surface area (Å²) >= 11 is 1.35. The molecule has 0 radical (unpaired) electrons. The molecular formula is C22H19FN4O4S. The van der Waals surface area contributed by atoms with E-state index in [1.54, 1.807) is 44.3 Å². The maximum Gasteiger partial charge on any atom is 0.341 e. The van der Waals surface area contributed by atoms with E-state index in [9.17, 15) is 9.18 Å². The number of nitrogens with zero attached hydrogens (tertiary/aromatic N) is 4. The van der Waals surface area contributed by atoms with Gasteiger partial charge in [-0.25, -0.2) is 14.2 Å². The zero-order valence-electron chi connectivity index (χ0n) is 17.5. The van der Waals surface area contributed by atoms with E-state index < -0.39 is 12.1 Å². The van der Waals surface area contributed by atoms with Gasteiger partial charge in [-0.05, 0) is 44.5 Å². The average Bonchev–Trinajstić information content (AvgIpc) is 3.44. The predicted molar refractivity (Wildman–Crippen MR) is 113 cm³/mol. The Morgan fingerprint density at radius 3 is 2.78 bits per heavy atom. The summed E-state index contributed by atoms with van der Waals surface area (Å²) in [7, 11) is 0. The third-order valence-corrected chi connectivity index (χ3v) is 5.57. The highest BCUT2D eigenvalue weighted by molar-refractivity contribution is 7.98. The third-order valence-electron chi connectivity index (χ3n) is 4.53. The maximum absolute atomic E-state index is 13.8. The molecule has 0 saturated carbocycles. The number of aromatic nitrogens is 4. The fraction of sp³-hybridized carbons (Fsp3) is 0.227. The van der Waals surface area contributed by atoms with Crippen LogP contribution in [0.1, 0.15) is 46.3 Å². The van der Waals surface area contributed by atoms with Crippen LogP contribution in [-0.4, -0.2) is 26.3 Å². The monoisotopic (exact) mass is 454 g/mol. The van der Waals surface area contributed by atoms with E-state index in [-0.39, 0.29) is 17.5 Å². The molecule has 1 atom stereocenters. The summed E-state index contributed by atoms with van der Waals surface area (Å²) in [6, 6.07) is 9.76. The fourth-order valence-corrected chi connectivity index (χ4v) is 3.68. The molecule has 164 valence electrons. The molecule has 4 aromatic rings. The van der Waals surface area contributed by atoms with Gasteiger partial charge in [0.25, 0.3) is 5.89 Å². The number of pyridine rings is 1. The van der Waals surface area contributed by atoms with Crippen LogP contribution < -0.4 is 0 Å². The number of esters is 1. The number of rotatable bonds is 7. The standard InChI is InChI=1S/C22H19FN4O4S/c1-12-6-7-15(10-18(12)23)19-25-20(31-27-19)14(3)29-22(28)17-5-4-8-24-21(17)32-11-16-9-13(2)30-26-16/h4-10,14H,11H2,1-3H3. The van der Waals surface area contributed by atoms with Crippen LogP contribution in [0.5, 0.6) is 0 Å². The summed E-state index contributed by atoms with van der Waals surface area (Å²) in [4.78, 5) is 21.3. The van der Waals surface area contributed by atoms with Gasteiger partial charge in [0.05, 0.1) is 11.3 Å². The number of benzene rings is 1. The first-order valence-electron chi connectivity index (χ1n) is 9.72. The van der Waals surface area contributed by atoms with Crippen LogP contribution >= 0.6 is 11.8 Å². The van der Waals surface area contributed by atoms with Crippen LogP contribution in [-0.2, 0) is 10.5 Å². The van der Waals surface area contributed by atoms with E-state index in [4.69, 9.17) is 13.8 Å². The summed E-state index contributed by atoms with van der Waals surface area (Å²) < 4.78 is 29.6. The molecule has 0 N–H and O–H groups in total. The van der Waals surface area contributed by atoms with Gasteiger partial charge in [-0.15, -0.1) is 0 Å². The summed E-state index contributed by atoms with van der Waals surface area (Å²) in [5, 5.41) is 8.31. The van der Waals surface area contributed by atoms with Crippen LogP contribution in [0.25, 0.3) is 11.4 Å². The second-order valence-electron chi connectivity index (χ2n) is 7.04. The molecule has 0 fully saturated rings. The summed E-state index contributed by atoms with van der Waals surface area (Å²) in [5.74, 6) is 0.570. The van der Waals surface area contributed by atoms with Gasteiger partial charge in [0.15, 0.2) is 6.10 Å². The van der Waals surface area contributed by atoms with Crippen LogP contribution in [0.15, 0.2) is 56.7 Å². The van der Waals surface area contributed by atoms with Gasteiger partial charge >= 0.3 is 5.97 Å². The fourth-order valence-electron chi connectivity index (χ4n) is 2.81. The quantitative estimate of drug-likeness (QED) is 0.279. The first kappa shape index (κ1) is 21.7. The van der Waals surface area contributed by atoms with Crippen LogP contribution in [0, 0.1) is 19.7 Å². The van der Waals surface area contributed by atoms with Gasteiger partial charge < -0.3 is 13.8 Å². The van der Waals surface area contributed by atoms with Crippen LogP contribution in [0.4, 0.5) is 4.39 Å². The highest BCUT2D eigenvalue weighted by Gasteiger charge is 2.23. The number of carbonyl (C=O) groups excluding carboxylic acids is 1. The van der Waals surface area contributed by atoms with E-state index in [1.165, 1.54) is 17.8 Å². The Hall–Kier alpha value is -3.53. The first-order chi connectivity index (χ1) is 15.4. The number of ether oxygens (including phenoxy) is 1. The zero-order valence-corrected chi connectivity index (χ0v) is 18.4. The highest BCUT2D eigenvalue weighted by Crippen LogP contribution is 2.27. The molecule has 1 aromatic carbocycles. The normalized spacial score (nSPS) is 12.0. The third kappa shape index (κ3) is 4.86. The van der Waals surface area contributed by atoms with Gasteiger partial charge in [-0.1, -0.05) is 34.2 Å². The lowest BCUT2D eigenvalue weighted by Crippen LogP contribution is -2.11. The molecule has 8 nitrogen and oxygen atoms in total. The van der Waals surface area contributed by atoms with E-state index >= 15 is 0 Å². The lowest BCUT2D eigenvalue weighted by Gasteiger charge is -2.11. The van der Waals surface area contributed by atoms with Crippen molar-refractivity contribution in [3.8, 4) is 11.4 Å². The molecule has 0 aliphatic heterocycles. The van der Waals surface area contributed by atoms with E-state index in [0.717, 1.165) is 5.69 Å². The Bertz CT molecular complexity index is 1260. The second kappa shape index (κ2) is 9.31. The topological polar surface area (TPSA) is 104 Å². The minimum absolute atomic E-state index is 0.102. The van der Waals surface area contributed by atoms with Crippen molar-refractivity contribution in [3.63, 3.8) is 0 Å². The smallest absolute Gasteiger partial charge is 0.341 e. The van der Waals surface area contributed by atoms with Crippen LogP contribution in [0.2, 0.25) is 0 Å². The van der Waals surface area contributed by atoms with Crippen molar-refractivity contribution in [2.45, 2.75) is 37.7 Å². The molecule has 0 spiro atoms. The minimum Gasteiger partial charge on any atom is -0.449 e. The molecule has 0 saturated heterocycles. The highest BCUT2D eigenvalue weighted by atomic mass is 32.2. The lowest BCUT2D eigenvalue weighted by atomic mass is 10.1. The van der Waals surface area contributed by atoms with Crippen molar-refractivity contribution < 1.29 is 23.0 Å². The summed E-state index contributed by atoms with van der Waals surface area (Å²) in [5.41, 5.74) is 2.04. The zero-order chi connectivity index (χ0) is 22.7. The first-order valence-corrected chi connectivity index (χ1v) is 10.7. The Balaban J connectivity index is 1.45. The molecule has 10 heteroatoms. The number of hydrogen-bond donors (Lipinski definition) is 0. The molecule has 4 rings (SSSR count). The molecule has 3 heterocycles. The van der Waals surface area contributed by atoms with Crippen LogP contribution in [0.3, 0.4) is 0 Å². The van der Waals surface area contributed by atoms with E-state index in [1.807, 2.05) is 13.0 Å². The van der Waals surface area contributed by atoms with Crippen molar-refractivity contribution in [2.75, 3.05) is 0 Å². The maximum atomic E-state index is 13.8. The van der Waals surface area contributed by atoms with Gasteiger partial charge in [-0.3, -0.25) is 0 Å². The average molecular weight is 454 g/mol. The number of carbonyl (C=O) groups is 1. The minimum atomic E-state index is -0.810. The molecule has 32 heavy (non-hydrogen) atoms. The van der Waals surface area contributed by atoms with Crippen molar-refractivity contribution in [1.82, 2.24) is 20.3 Å². The Labute approximate surface area is 187 Å². The molecule has 3 aromatic heterocycles. The van der Waals surface area contributed by atoms with Crippen molar-refractivity contribution >= 4 is 17.7 Å². The largest absolute Gasteiger partial charge is 0.449 e. The second-order valence-corrected chi connectivity index (χ2v) is 8.01. The van der Waals surface area contributed by atoms with E-state index in [2.05, 4.69) is 20.3 Å². The van der Waals surface area contributed by atoms with Crippen molar-refractivity contribution in [3.05, 3.63) is 76.9 Å². The lowest BCUT2D eigenvalue weighted by molar-refractivity contribution is 0.0260. The predicted octanol–water partition coefficient (Wildman–Crippen LogP) is 5.09. The SMILES string of the molecule is Cc1cc(CSc2ncccc2C(=O)OC(C)c2nc(-c3ccc(C)c(F)c3)no2)no1. The van der Waals surface area contributed by atoms with E-state index in [0.29, 0.717) is 33.2 Å². The molecule has 0 amide bonds. The Kier molecular flexibility index (Phi) is 6.31. The molecule has 0 bridgehead atoms. The number of halogens is 1. The Morgan fingerprint density at radius 1 is 1.19 bits per heavy atom. The molecular weight excluding hydrogens is 435 g/mol. The number of thioether (sulfide) groups is 1. The van der Waals surface area contributed by atoms with Crippen molar-refractivity contribution in [2.24, 2.45) is 0 Å². The number of hydrogen-bond acceptors (Lipinski definition) is 9. The molecule has 1 unspecified atom stereocenters.